The van der Waals surface area contributed by atoms with Crippen LogP contribution in [0.1, 0.15) is 39.2 Å². The lowest BCUT2D eigenvalue weighted by molar-refractivity contribution is -0.139. The second kappa shape index (κ2) is 14.9. The molecule has 0 saturated heterocycles. The van der Waals surface area contributed by atoms with Gasteiger partial charge in [0.25, 0.3) is 10.0 Å². The van der Waals surface area contributed by atoms with Gasteiger partial charge in [-0.3, -0.25) is 13.9 Å². The van der Waals surface area contributed by atoms with E-state index in [1.165, 1.54) is 17.0 Å². The molecule has 214 valence electrons. The maximum absolute atomic E-state index is 13.9. The topological polar surface area (TPSA) is 96.0 Å². The quantitative estimate of drug-likeness (QED) is 0.242. The lowest BCUT2D eigenvalue weighted by Crippen LogP contribution is -2.51. The Morgan fingerprint density at radius 2 is 1.68 bits per heavy atom. The van der Waals surface area contributed by atoms with Crippen LogP contribution < -0.4 is 14.4 Å². The molecule has 3 rings (SSSR count). The van der Waals surface area contributed by atoms with Gasteiger partial charge in [-0.15, -0.1) is 0 Å². The molecule has 0 bridgehead atoms. The number of nitrogens with zero attached hydrogens (tertiary/aromatic N) is 2. The molecule has 1 N–H and O–H groups in total. The molecule has 0 spiro atoms. The molecule has 0 fully saturated rings. The number of amides is 2. The molecule has 0 aromatic heterocycles. The van der Waals surface area contributed by atoms with E-state index in [1.54, 1.807) is 49.4 Å². The van der Waals surface area contributed by atoms with Crippen LogP contribution >= 0.6 is 15.9 Å². The summed E-state index contributed by atoms with van der Waals surface area (Å²) in [7, 11) is -4.14. The highest BCUT2D eigenvalue weighted by Crippen LogP contribution is 2.26. The standard InChI is InChI=1S/C30H36BrN3O5S/c1-4-6-19-32-30(36)23(3)33(21-24-11-10-12-25(31)20-24)29(35)22-34(26-13-8-7-9-14-26)40(37,38)28-17-15-27(16-18-28)39-5-2/h7-18,20,23H,4-6,19,21-22H2,1-3H3,(H,32,36). The van der Waals surface area contributed by atoms with Crippen LogP contribution in [-0.4, -0.2) is 50.9 Å². The molecular formula is C30H36BrN3O5S. The molecule has 8 nitrogen and oxygen atoms in total. The summed E-state index contributed by atoms with van der Waals surface area (Å²) in [5.74, 6) is -0.249. The Morgan fingerprint density at radius 1 is 0.975 bits per heavy atom. The van der Waals surface area contributed by atoms with Gasteiger partial charge in [0.15, 0.2) is 0 Å². The fraction of sp³-hybridized carbons (Fsp3) is 0.333. The number of hydrogen-bond acceptors (Lipinski definition) is 5. The van der Waals surface area contributed by atoms with E-state index < -0.39 is 28.5 Å². The van der Waals surface area contributed by atoms with Crippen molar-refractivity contribution in [2.24, 2.45) is 0 Å². The molecule has 0 aliphatic carbocycles. The Bertz CT molecular complexity index is 1370. The molecule has 1 atom stereocenters. The summed E-state index contributed by atoms with van der Waals surface area (Å²) < 4.78 is 35.1. The van der Waals surface area contributed by atoms with Crippen LogP contribution in [0.2, 0.25) is 0 Å². The molecule has 0 aliphatic rings. The van der Waals surface area contributed by atoms with Gasteiger partial charge in [-0.05, 0) is 74.4 Å². The first-order chi connectivity index (χ1) is 19.2. The third-order valence-electron chi connectivity index (χ3n) is 6.28. The van der Waals surface area contributed by atoms with Crippen molar-refractivity contribution in [3.8, 4) is 5.75 Å². The van der Waals surface area contributed by atoms with Crippen molar-refractivity contribution in [2.75, 3.05) is 24.0 Å². The highest BCUT2D eigenvalue weighted by Gasteiger charge is 2.32. The molecule has 0 heterocycles. The van der Waals surface area contributed by atoms with E-state index in [2.05, 4.69) is 21.2 Å². The van der Waals surface area contributed by atoms with E-state index in [1.807, 2.05) is 38.1 Å². The van der Waals surface area contributed by atoms with E-state index in [9.17, 15) is 18.0 Å². The number of sulfonamides is 1. The number of halogens is 1. The number of para-hydroxylation sites is 1. The minimum Gasteiger partial charge on any atom is -0.494 e. The molecule has 10 heteroatoms. The van der Waals surface area contributed by atoms with E-state index in [0.29, 0.717) is 24.6 Å². The van der Waals surface area contributed by atoms with Crippen molar-refractivity contribution >= 4 is 43.5 Å². The number of anilines is 1. The molecule has 3 aromatic rings. The van der Waals surface area contributed by atoms with Gasteiger partial charge in [0, 0.05) is 17.6 Å². The molecule has 0 saturated carbocycles. The van der Waals surface area contributed by atoms with Crippen molar-refractivity contribution in [2.45, 2.75) is 51.1 Å². The Labute approximate surface area is 245 Å². The zero-order valence-corrected chi connectivity index (χ0v) is 25.4. The smallest absolute Gasteiger partial charge is 0.264 e. The average Bonchev–Trinajstić information content (AvgIpc) is 2.95. The Morgan fingerprint density at radius 3 is 2.30 bits per heavy atom. The summed E-state index contributed by atoms with van der Waals surface area (Å²) in [4.78, 5) is 28.4. The van der Waals surface area contributed by atoms with Crippen molar-refractivity contribution < 1.29 is 22.7 Å². The maximum atomic E-state index is 13.9. The summed E-state index contributed by atoms with van der Waals surface area (Å²) >= 11 is 3.46. The zero-order valence-electron chi connectivity index (χ0n) is 23.0. The number of benzene rings is 3. The van der Waals surface area contributed by atoms with Gasteiger partial charge in [-0.2, -0.15) is 0 Å². The second-order valence-electron chi connectivity index (χ2n) is 9.22. The van der Waals surface area contributed by atoms with Gasteiger partial charge < -0.3 is 15.0 Å². The van der Waals surface area contributed by atoms with Gasteiger partial charge in [-0.1, -0.05) is 59.6 Å². The minimum absolute atomic E-state index is 0.0245. The highest BCUT2D eigenvalue weighted by molar-refractivity contribution is 9.10. The third-order valence-corrected chi connectivity index (χ3v) is 8.57. The van der Waals surface area contributed by atoms with Crippen LogP contribution in [0, 0.1) is 0 Å². The van der Waals surface area contributed by atoms with Crippen LogP contribution in [-0.2, 0) is 26.2 Å². The summed E-state index contributed by atoms with van der Waals surface area (Å²) in [6, 6.07) is 21.2. The average molecular weight is 631 g/mol. The molecule has 0 aliphatic heterocycles. The van der Waals surface area contributed by atoms with Crippen LogP contribution in [0.15, 0.2) is 88.2 Å². The third kappa shape index (κ3) is 8.32. The number of hydrogen-bond donors (Lipinski definition) is 1. The van der Waals surface area contributed by atoms with Crippen LogP contribution in [0.4, 0.5) is 5.69 Å². The van der Waals surface area contributed by atoms with Crippen molar-refractivity contribution in [1.29, 1.82) is 0 Å². The first-order valence-electron chi connectivity index (χ1n) is 13.3. The van der Waals surface area contributed by atoms with Gasteiger partial charge >= 0.3 is 0 Å². The molecule has 1 unspecified atom stereocenters. The zero-order chi connectivity index (χ0) is 29.1. The van der Waals surface area contributed by atoms with Gasteiger partial charge in [0.05, 0.1) is 17.2 Å². The Kier molecular flexibility index (Phi) is 11.6. The van der Waals surface area contributed by atoms with Gasteiger partial charge in [0.2, 0.25) is 11.8 Å². The highest BCUT2D eigenvalue weighted by atomic mass is 79.9. The molecule has 40 heavy (non-hydrogen) atoms. The van der Waals surface area contributed by atoms with Crippen molar-refractivity contribution in [3.63, 3.8) is 0 Å². The predicted octanol–water partition coefficient (Wildman–Crippen LogP) is 5.38. The van der Waals surface area contributed by atoms with Crippen molar-refractivity contribution in [3.05, 3.63) is 88.9 Å². The normalized spacial score (nSPS) is 11.9. The summed E-state index contributed by atoms with van der Waals surface area (Å²) in [5.41, 5.74) is 1.14. The van der Waals surface area contributed by atoms with Crippen LogP contribution in [0.5, 0.6) is 5.75 Å². The first-order valence-corrected chi connectivity index (χ1v) is 15.5. The monoisotopic (exact) mass is 629 g/mol. The number of ether oxygens (including phenoxy) is 1. The lowest BCUT2D eigenvalue weighted by Gasteiger charge is -2.32. The maximum Gasteiger partial charge on any atom is 0.264 e. The summed E-state index contributed by atoms with van der Waals surface area (Å²) in [5, 5.41) is 2.89. The van der Waals surface area contributed by atoms with E-state index >= 15 is 0 Å². The van der Waals surface area contributed by atoms with Gasteiger partial charge in [0.1, 0.15) is 18.3 Å². The number of carbonyl (C=O) groups excluding carboxylic acids is 2. The van der Waals surface area contributed by atoms with Crippen LogP contribution in [0.3, 0.4) is 0 Å². The fourth-order valence-corrected chi connectivity index (χ4v) is 5.94. The number of nitrogens with one attached hydrogen (secondary N) is 1. The predicted molar refractivity (Wildman–Crippen MR) is 161 cm³/mol. The Hall–Kier alpha value is -3.37. The van der Waals surface area contributed by atoms with Crippen LogP contribution in [0.25, 0.3) is 0 Å². The van der Waals surface area contributed by atoms with E-state index in [4.69, 9.17) is 4.74 Å². The van der Waals surface area contributed by atoms with Gasteiger partial charge in [-0.25, -0.2) is 8.42 Å². The Balaban J connectivity index is 1.97. The second-order valence-corrected chi connectivity index (χ2v) is 12.0. The number of carbonyl (C=O) groups is 2. The number of unbranched alkanes of at least 4 members (excludes halogenated alkanes) is 1. The van der Waals surface area contributed by atoms with E-state index in [0.717, 1.165) is 27.2 Å². The largest absolute Gasteiger partial charge is 0.494 e. The molecule has 3 aromatic carbocycles. The summed E-state index contributed by atoms with van der Waals surface area (Å²) in [6.45, 7) is 6.13. The molecular weight excluding hydrogens is 594 g/mol. The summed E-state index contributed by atoms with van der Waals surface area (Å²) in [6.07, 6.45) is 1.74. The lowest BCUT2D eigenvalue weighted by atomic mass is 10.1. The fourth-order valence-electron chi connectivity index (χ4n) is 4.08. The number of rotatable bonds is 14. The molecule has 0 radical (unpaired) electrons. The minimum atomic E-state index is -4.14. The van der Waals surface area contributed by atoms with Crippen molar-refractivity contribution in [1.82, 2.24) is 10.2 Å². The first kappa shape index (κ1) is 31.2. The molecule has 2 amide bonds. The SMILES string of the molecule is CCCCNC(=O)C(C)N(Cc1cccc(Br)c1)C(=O)CN(c1ccccc1)S(=O)(=O)c1ccc(OCC)cc1. The van der Waals surface area contributed by atoms with E-state index in [-0.39, 0.29) is 17.3 Å².